The highest BCUT2D eigenvalue weighted by Crippen LogP contribution is 2.13. The topological polar surface area (TPSA) is 29.3 Å². The zero-order valence-electron chi connectivity index (χ0n) is 9.66. The molecule has 0 aliphatic rings. The Bertz CT molecular complexity index is 375. The van der Waals surface area contributed by atoms with Gasteiger partial charge in [-0.2, -0.15) is 0 Å². The van der Waals surface area contributed by atoms with Gasteiger partial charge in [-0.05, 0) is 30.8 Å². The second-order valence-electron chi connectivity index (χ2n) is 3.63. The molecule has 4 heteroatoms. The monoisotopic (exact) mass is 240 g/mol. The molecule has 1 rings (SSSR count). The zero-order chi connectivity index (χ0) is 12.1. The van der Waals surface area contributed by atoms with Gasteiger partial charge < -0.3 is 5.73 Å². The quantitative estimate of drug-likeness (QED) is 0.801. The molecule has 0 radical (unpaired) electrons. The minimum atomic E-state index is -0.300. The summed E-state index contributed by atoms with van der Waals surface area (Å²) in [7, 11) is 0. The fourth-order valence-corrected chi connectivity index (χ4v) is 1.79. The highest BCUT2D eigenvalue weighted by Gasteiger charge is 2.09. The molecule has 0 bridgehead atoms. The highest BCUT2D eigenvalue weighted by atomic mass is 32.1. The van der Waals surface area contributed by atoms with Gasteiger partial charge in [-0.25, -0.2) is 4.39 Å². The highest BCUT2D eigenvalue weighted by molar-refractivity contribution is 7.80. The Kier molecular flexibility index (Phi) is 4.83. The van der Waals surface area contributed by atoms with Crippen LogP contribution >= 0.6 is 12.2 Å². The number of thiocarbonyl (C=S) groups is 1. The summed E-state index contributed by atoms with van der Waals surface area (Å²) in [4.78, 5) is 2.48. The lowest BCUT2D eigenvalue weighted by Gasteiger charge is -2.19. The Morgan fingerprint density at radius 3 is 2.50 bits per heavy atom. The van der Waals surface area contributed by atoms with Crippen LogP contribution in [0.15, 0.2) is 18.2 Å². The van der Waals surface area contributed by atoms with E-state index < -0.39 is 0 Å². The van der Waals surface area contributed by atoms with Gasteiger partial charge in [-0.3, -0.25) is 4.90 Å². The summed E-state index contributed by atoms with van der Waals surface area (Å²) >= 11 is 4.93. The number of hydrogen-bond donors (Lipinski definition) is 1. The molecular weight excluding hydrogens is 223 g/mol. The van der Waals surface area contributed by atoms with E-state index in [1.165, 1.54) is 12.1 Å². The molecule has 0 atom stereocenters. The van der Waals surface area contributed by atoms with E-state index in [1.807, 2.05) is 0 Å². The third-order valence-electron chi connectivity index (χ3n) is 2.63. The van der Waals surface area contributed by atoms with Gasteiger partial charge in [0, 0.05) is 12.1 Å². The standard InChI is InChI=1S/C12H17FN2S/c1-3-15(4-2)8-9-5-6-10(13)7-11(9)12(14)16/h5-7H,3-4,8H2,1-2H3,(H2,14,16). The number of halogens is 1. The lowest BCUT2D eigenvalue weighted by molar-refractivity contribution is 0.295. The molecule has 1 aromatic rings. The summed E-state index contributed by atoms with van der Waals surface area (Å²) in [6, 6.07) is 4.60. The van der Waals surface area contributed by atoms with Crippen LogP contribution in [0.1, 0.15) is 25.0 Å². The smallest absolute Gasteiger partial charge is 0.123 e. The van der Waals surface area contributed by atoms with Crippen molar-refractivity contribution in [1.82, 2.24) is 4.90 Å². The van der Waals surface area contributed by atoms with Crippen molar-refractivity contribution in [1.29, 1.82) is 0 Å². The molecule has 1 aromatic carbocycles. The molecule has 88 valence electrons. The van der Waals surface area contributed by atoms with E-state index in [4.69, 9.17) is 18.0 Å². The van der Waals surface area contributed by atoms with Gasteiger partial charge >= 0.3 is 0 Å². The molecule has 0 heterocycles. The SMILES string of the molecule is CCN(CC)Cc1ccc(F)cc1C(N)=S. The third-order valence-corrected chi connectivity index (χ3v) is 2.85. The van der Waals surface area contributed by atoms with Gasteiger partial charge in [-0.1, -0.05) is 32.1 Å². The Balaban J connectivity index is 2.98. The Morgan fingerprint density at radius 2 is 2.00 bits per heavy atom. The lowest BCUT2D eigenvalue weighted by atomic mass is 10.1. The number of benzene rings is 1. The number of rotatable bonds is 5. The van der Waals surface area contributed by atoms with E-state index in [-0.39, 0.29) is 10.8 Å². The lowest BCUT2D eigenvalue weighted by Crippen LogP contribution is -2.24. The summed E-state index contributed by atoms with van der Waals surface area (Å²) in [5, 5.41) is 0. The molecule has 0 aromatic heterocycles. The van der Waals surface area contributed by atoms with Crippen LogP contribution in [0.4, 0.5) is 4.39 Å². The van der Waals surface area contributed by atoms with E-state index in [2.05, 4.69) is 18.7 Å². The van der Waals surface area contributed by atoms with Gasteiger partial charge in [-0.15, -0.1) is 0 Å². The maximum Gasteiger partial charge on any atom is 0.123 e. The first kappa shape index (κ1) is 13.1. The average Bonchev–Trinajstić information content (AvgIpc) is 2.27. The third kappa shape index (κ3) is 3.25. The summed E-state index contributed by atoms with van der Waals surface area (Å²) in [6.07, 6.45) is 0. The van der Waals surface area contributed by atoms with Crippen LogP contribution in [0.2, 0.25) is 0 Å². The van der Waals surface area contributed by atoms with E-state index in [0.717, 1.165) is 25.2 Å². The molecule has 0 saturated carbocycles. The van der Waals surface area contributed by atoms with Crippen LogP contribution in [0.3, 0.4) is 0 Å². The average molecular weight is 240 g/mol. The molecule has 2 nitrogen and oxygen atoms in total. The van der Waals surface area contributed by atoms with Crippen molar-refractivity contribution in [2.24, 2.45) is 5.73 Å². The van der Waals surface area contributed by atoms with E-state index >= 15 is 0 Å². The Labute approximate surface area is 101 Å². The normalized spacial score (nSPS) is 10.8. The van der Waals surface area contributed by atoms with E-state index in [1.54, 1.807) is 6.07 Å². The summed E-state index contributed by atoms with van der Waals surface area (Å²) < 4.78 is 13.1. The van der Waals surface area contributed by atoms with Crippen molar-refractivity contribution in [3.05, 3.63) is 35.1 Å². The number of nitrogens with two attached hydrogens (primary N) is 1. The number of hydrogen-bond acceptors (Lipinski definition) is 2. The fourth-order valence-electron chi connectivity index (χ4n) is 1.60. The van der Waals surface area contributed by atoms with Crippen molar-refractivity contribution in [3.8, 4) is 0 Å². The van der Waals surface area contributed by atoms with E-state index in [0.29, 0.717) is 5.56 Å². The van der Waals surface area contributed by atoms with E-state index in [9.17, 15) is 4.39 Å². The minimum Gasteiger partial charge on any atom is -0.389 e. The van der Waals surface area contributed by atoms with Gasteiger partial charge in [0.2, 0.25) is 0 Å². The van der Waals surface area contributed by atoms with Crippen molar-refractivity contribution in [2.75, 3.05) is 13.1 Å². The largest absolute Gasteiger partial charge is 0.389 e. The predicted molar refractivity (Wildman–Crippen MR) is 68.9 cm³/mol. The summed E-state index contributed by atoms with van der Waals surface area (Å²) in [5.74, 6) is -0.300. The molecule has 0 fully saturated rings. The first-order valence-electron chi connectivity index (χ1n) is 5.39. The van der Waals surface area contributed by atoms with Crippen molar-refractivity contribution in [2.45, 2.75) is 20.4 Å². The van der Waals surface area contributed by atoms with Crippen LogP contribution in [0.25, 0.3) is 0 Å². The second-order valence-corrected chi connectivity index (χ2v) is 4.07. The molecule has 0 amide bonds. The van der Waals surface area contributed by atoms with Gasteiger partial charge in [0.1, 0.15) is 10.8 Å². The minimum absolute atomic E-state index is 0.252. The summed E-state index contributed by atoms with van der Waals surface area (Å²) in [5.41, 5.74) is 7.21. The van der Waals surface area contributed by atoms with Crippen LogP contribution in [-0.4, -0.2) is 23.0 Å². The first-order chi connectivity index (χ1) is 7.58. The molecule has 0 aliphatic carbocycles. The van der Waals surface area contributed by atoms with Gasteiger partial charge in [0.25, 0.3) is 0 Å². The predicted octanol–water partition coefficient (Wildman–Crippen LogP) is 2.30. The van der Waals surface area contributed by atoms with Crippen LogP contribution in [0, 0.1) is 5.82 Å². The van der Waals surface area contributed by atoms with Gasteiger partial charge in [0.15, 0.2) is 0 Å². The van der Waals surface area contributed by atoms with Crippen molar-refractivity contribution >= 4 is 17.2 Å². The van der Waals surface area contributed by atoms with Gasteiger partial charge in [0.05, 0.1) is 0 Å². The fraction of sp³-hybridized carbons (Fsp3) is 0.417. The Hall–Kier alpha value is -1.00. The zero-order valence-corrected chi connectivity index (χ0v) is 10.5. The van der Waals surface area contributed by atoms with Crippen molar-refractivity contribution < 1.29 is 4.39 Å². The Morgan fingerprint density at radius 1 is 1.38 bits per heavy atom. The second kappa shape index (κ2) is 5.92. The van der Waals surface area contributed by atoms with Crippen LogP contribution < -0.4 is 5.73 Å². The maximum absolute atomic E-state index is 13.1. The maximum atomic E-state index is 13.1. The molecule has 16 heavy (non-hydrogen) atoms. The van der Waals surface area contributed by atoms with Crippen LogP contribution in [-0.2, 0) is 6.54 Å². The molecule has 0 spiro atoms. The number of nitrogens with zero attached hydrogens (tertiary/aromatic N) is 1. The molecule has 2 N–H and O–H groups in total. The molecule has 0 saturated heterocycles. The summed E-state index contributed by atoms with van der Waals surface area (Å²) in [6.45, 7) is 6.83. The van der Waals surface area contributed by atoms with Crippen LogP contribution in [0.5, 0.6) is 0 Å². The van der Waals surface area contributed by atoms with Crippen molar-refractivity contribution in [3.63, 3.8) is 0 Å². The molecule has 0 unspecified atom stereocenters. The molecule has 0 aliphatic heterocycles. The first-order valence-corrected chi connectivity index (χ1v) is 5.79. The molecular formula is C12H17FN2S.